The van der Waals surface area contributed by atoms with Gasteiger partial charge in [-0.2, -0.15) is 5.10 Å². The zero-order valence-corrected chi connectivity index (χ0v) is 15.3. The molecule has 1 aliphatic heterocycles. The highest BCUT2D eigenvalue weighted by molar-refractivity contribution is 6.33. The Balaban J connectivity index is 1.68. The van der Waals surface area contributed by atoms with Gasteiger partial charge in [-0.3, -0.25) is 9.48 Å². The number of nitrogens with zero attached hydrogens (tertiary/aromatic N) is 5. The number of carbonyl (C=O) groups excluding carboxylic acids is 1. The molecule has 0 unspecified atom stereocenters. The number of aromatic nitrogens is 4. The zero-order valence-electron chi connectivity index (χ0n) is 14.6. The minimum absolute atomic E-state index is 0.0687. The predicted molar refractivity (Wildman–Crippen MR) is 94.5 cm³/mol. The van der Waals surface area contributed by atoms with E-state index in [1.807, 2.05) is 13.8 Å². The molecule has 1 N–H and O–H groups in total. The summed E-state index contributed by atoms with van der Waals surface area (Å²) in [6.07, 6.45) is 5.72. The van der Waals surface area contributed by atoms with Crippen LogP contribution in [-0.4, -0.2) is 54.7 Å². The van der Waals surface area contributed by atoms with E-state index in [1.54, 1.807) is 9.58 Å². The fourth-order valence-electron chi connectivity index (χ4n) is 2.94. The van der Waals surface area contributed by atoms with Crippen molar-refractivity contribution >= 4 is 23.5 Å². The van der Waals surface area contributed by atoms with Crippen LogP contribution in [0.5, 0.6) is 0 Å². The molecule has 0 aromatic carbocycles. The molecule has 3 heterocycles. The van der Waals surface area contributed by atoms with Gasteiger partial charge in [0.05, 0.1) is 29.0 Å². The number of carbonyl (C=O) groups is 2. The average molecular weight is 378 g/mol. The number of hydrogen-bond donors (Lipinski definition) is 1. The number of hydrogen-bond acceptors (Lipinski definition) is 5. The van der Waals surface area contributed by atoms with Crippen LogP contribution < -0.4 is 0 Å². The van der Waals surface area contributed by atoms with E-state index in [2.05, 4.69) is 15.1 Å². The molecule has 1 fully saturated rings. The van der Waals surface area contributed by atoms with Gasteiger partial charge in [-0.25, -0.2) is 14.8 Å². The first kappa shape index (κ1) is 18.3. The molecule has 0 spiro atoms. The van der Waals surface area contributed by atoms with Crippen LogP contribution in [-0.2, 0) is 0 Å². The van der Waals surface area contributed by atoms with E-state index in [1.165, 1.54) is 18.6 Å². The lowest BCUT2D eigenvalue weighted by molar-refractivity contribution is 0.0682. The molecular weight excluding hydrogens is 358 g/mol. The van der Waals surface area contributed by atoms with Crippen LogP contribution in [0, 0.1) is 0 Å². The Morgan fingerprint density at radius 2 is 1.96 bits per heavy atom. The van der Waals surface area contributed by atoms with Gasteiger partial charge in [0.15, 0.2) is 5.69 Å². The average Bonchev–Trinajstić information content (AvgIpc) is 3.12. The van der Waals surface area contributed by atoms with Crippen molar-refractivity contribution in [3.63, 3.8) is 0 Å². The SMILES string of the molecule is CC(C)c1ncc(Cl)c(C(=O)N2CCC(n3cc(C(=O)O)cn3)CC2)n1. The van der Waals surface area contributed by atoms with Crippen molar-refractivity contribution in [2.75, 3.05) is 13.1 Å². The van der Waals surface area contributed by atoms with Crippen LogP contribution in [0.15, 0.2) is 18.6 Å². The number of halogens is 1. The molecular formula is C17H20ClN5O3. The first-order valence-corrected chi connectivity index (χ1v) is 8.83. The Bertz CT molecular complexity index is 828. The van der Waals surface area contributed by atoms with Crippen LogP contribution in [0.2, 0.25) is 5.02 Å². The van der Waals surface area contributed by atoms with Gasteiger partial charge < -0.3 is 10.0 Å². The fraction of sp³-hybridized carbons (Fsp3) is 0.471. The molecule has 3 rings (SSSR count). The summed E-state index contributed by atoms with van der Waals surface area (Å²) in [6, 6.07) is 0.0687. The third-order valence-electron chi connectivity index (χ3n) is 4.46. The summed E-state index contributed by atoms with van der Waals surface area (Å²) in [4.78, 5) is 34.0. The van der Waals surface area contributed by atoms with Gasteiger partial charge in [0.1, 0.15) is 5.82 Å². The highest BCUT2D eigenvalue weighted by atomic mass is 35.5. The van der Waals surface area contributed by atoms with E-state index >= 15 is 0 Å². The molecule has 0 bridgehead atoms. The maximum atomic E-state index is 12.8. The van der Waals surface area contributed by atoms with Gasteiger partial charge in [-0.05, 0) is 12.8 Å². The van der Waals surface area contributed by atoms with Crippen molar-refractivity contribution in [2.24, 2.45) is 0 Å². The van der Waals surface area contributed by atoms with Gasteiger partial charge >= 0.3 is 5.97 Å². The van der Waals surface area contributed by atoms with E-state index in [-0.39, 0.29) is 34.1 Å². The van der Waals surface area contributed by atoms with E-state index in [9.17, 15) is 9.59 Å². The van der Waals surface area contributed by atoms with Crippen LogP contribution in [0.4, 0.5) is 0 Å². The molecule has 1 saturated heterocycles. The lowest BCUT2D eigenvalue weighted by atomic mass is 10.0. The normalized spacial score (nSPS) is 15.5. The summed E-state index contributed by atoms with van der Waals surface area (Å²) in [5, 5.41) is 13.4. The molecule has 8 nitrogen and oxygen atoms in total. The highest BCUT2D eigenvalue weighted by Gasteiger charge is 2.27. The summed E-state index contributed by atoms with van der Waals surface area (Å²) in [5.41, 5.74) is 0.397. The van der Waals surface area contributed by atoms with Crippen LogP contribution in [0.25, 0.3) is 0 Å². The molecule has 0 radical (unpaired) electrons. The first-order valence-electron chi connectivity index (χ1n) is 8.46. The van der Waals surface area contributed by atoms with E-state index in [0.29, 0.717) is 31.8 Å². The maximum Gasteiger partial charge on any atom is 0.338 e. The van der Waals surface area contributed by atoms with Crippen molar-refractivity contribution in [3.8, 4) is 0 Å². The summed E-state index contributed by atoms with van der Waals surface area (Å²) in [5.74, 6) is -0.508. The van der Waals surface area contributed by atoms with Crippen LogP contribution in [0.1, 0.15) is 65.3 Å². The molecule has 2 aromatic rings. The predicted octanol–water partition coefficient (Wildman–Crippen LogP) is 2.63. The second-order valence-corrected chi connectivity index (χ2v) is 7.02. The van der Waals surface area contributed by atoms with Crippen LogP contribution >= 0.6 is 11.6 Å². The lowest BCUT2D eigenvalue weighted by Crippen LogP contribution is -2.39. The third-order valence-corrected chi connectivity index (χ3v) is 4.73. The van der Waals surface area contributed by atoms with Crippen molar-refractivity contribution in [3.05, 3.63) is 40.7 Å². The molecule has 0 aliphatic carbocycles. The van der Waals surface area contributed by atoms with Crippen molar-refractivity contribution in [1.29, 1.82) is 0 Å². The maximum absolute atomic E-state index is 12.8. The third kappa shape index (κ3) is 3.70. The first-order chi connectivity index (χ1) is 12.4. The minimum Gasteiger partial charge on any atom is -0.478 e. The second kappa shape index (κ2) is 7.41. The molecule has 1 aliphatic rings. The molecule has 138 valence electrons. The van der Waals surface area contributed by atoms with E-state index < -0.39 is 5.97 Å². The Morgan fingerprint density at radius 1 is 1.27 bits per heavy atom. The second-order valence-electron chi connectivity index (χ2n) is 6.62. The molecule has 0 saturated carbocycles. The van der Waals surface area contributed by atoms with Gasteiger partial charge in [-0.1, -0.05) is 25.4 Å². The molecule has 9 heteroatoms. The number of carboxylic acids is 1. The lowest BCUT2D eigenvalue weighted by Gasteiger charge is -2.32. The van der Waals surface area contributed by atoms with Crippen LogP contribution in [0.3, 0.4) is 0 Å². The molecule has 2 aromatic heterocycles. The van der Waals surface area contributed by atoms with Gasteiger partial charge in [0, 0.05) is 25.2 Å². The number of amides is 1. The van der Waals surface area contributed by atoms with E-state index in [4.69, 9.17) is 16.7 Å². The Hall–Kier alpha value is -2.48. The number of piperidine rings is 1. The van der Waals surface area contributed by atoms with Crippen molar-refractivity contribution < 1.29 is 14.7 Å². The molecule has 26 heavy (non-hydrogen) atoms. The summed E-state index contributed by atoms with van der Waals surface area (Å²) in [6.45, 7) is 4.98. The monoisotopic (exact) mass is 377 g/mol. The Kier molecular flexibility index (Phi) is 5.22. The minimum atomic E-state index is -0.997. The molecule has 0 atom stereocenters. The van der Waals surface area contributed by atoms with Gasteiger partial charge in [0.2, 0.25) is 0 Å². The van der Waals surface area contributed by atoms with Gasteiger partial charge in [-0.15, -0.1) is 0 Å². The highest BCUT2D eigenvalue weighted by Crippen LogP contribution is 2.25. The summed E-state index contributed by atoms with van der Waals surface area (Å²) >= 11 is 6.13. The van der Waals surface area contributed by atoms with Crippen molar-refractivity contribution in [2.45, 2.75) is 38.6 Å². The number of rotatable bonds is 4. The summed E-state index contributed by atoms with van der Waals surface area (Å²) in [7, 11) is 0. The number of carboxylic acid groups (broad SMARTS) is 1. The zero-order chi connectivity index (χ0) is 18.8. The van der Waals surface area contributed by atoms with E-state index in [0.717, 1.165) is 0 Å². The quantitative estimate of drug-likeness (QED) is 0.878. The topological polar surface area (TPSA) is 101 Å². The smallest absolute Gasteiger partial charge is 0.338 e. The largest absolute Gasteiger partial charge is 0.478 e. The van der Waals surface area contributed by atoms with Gasteiger partial charge in [0.25, 0.3) is 5.91 Å². The standard InChI is InChI=1S/C17H20ClN5O3/c1-10(2)15-19-8-13(18)14(21-15)16(24)22-5-3-12(4-6-22)23-9-11(7-20-23)17(25)26/h7-10,12H,3-6H2,1-2H3,(H,25,26). The van der Waals surface area contributed by atoms with Crippen molar-refractivity contribution in [1.82, 2.24) is 24.6 Å². The Morgan fingerprint density at radius 3 is 2.54 bits per heavy atom. The summed E-state index contributed by atoms with van der Waals surface area (Å²) < 4.78 is 1.67. The molecule has 1 amide bonds. The fourth-order valence-corrected chi connectivity index (χ4v) is 3.11. The Labute approximate surface area is 155 Å². The number of aromatic carboxylic acids is 1. The number of likely N-dealkylation sites (tertiary alicyclic amines) is 1.